The first kappa shape index (κ1) is 14.1. The van der Waals surface area contributed by atoms with E-state index in [1.165, 1.54) is 6.42 Å². The molecule has 1 aliphatic rings. The molecule has 1 aromatic rings. The molecule has 0 N–H and O–H groups in total. The first-order valence-corrected chi connectivity index (χ1v) is 7.21. The van der Waals surface area contributed by atoms with Crippen molar-refractivity contribution in [3.05, 3.63) is 40.9 Å². The summed E-state index contributed by atoms with van der Waals surface area (Å²) in [6.07, 6.45) is 6.90. The van der Waals surface area contributed by atoms with Crippen molar-refractivity contribution >= 4 is 23.6 Å². The van der Waals surface area contributed by atoms with Gasteiger partial charge in [-0.05, 0) is 56.9 Å². The van der Waals surface area contributed by atoms with Crippen molar-refractivity contribution in [2.45, 2.75) is 45.2 Å². The van der Waals surface area contributed by atoms with Crippen LogP contribution in [-0.2, 0) is 4.79 Å². The highest BCUT2D eigenvalue weighted by Gasteiger charge is 2.27. The molecule has 1 fully saturated rings. The topological polar surface area (TPSA) is 20.3 Å². The molecule has 102 valence electrons. The van der Waals surface area contributed by atoms with E-state index in [4.69, 9.17) is 11.6 Å². The van der Waals surface area contributed by atoms with Crippen molar-refractivity contribution in [2.24, 2.45) is 0 Å². The minimum atomic E-state index is 0.0969. The molecule has 2 nitrogen and oxygen atoms in total. The first-order chi connectivity index (χ1) is 9.08. The summed E-state index contributed by atoms with van der Waals surface area (Å²) in [7, 11) is 0. The van der Waals surface area contributed by atoms with Gasteiger partial charge in [0.1, 0.15) is 0 Å². The van der Waals surface area contributed by atoms with E-state index >= 15 is 0 Å². The zero-order valence-corrected chi connectivity index (χ0v) is 12.2. The van der Waals surface area contributed by atoms with Crippen LogP contribution in [0.5, 0.6) is 0 Å². The van der Waals surface area contributed by atoms with E-state index in [1.54, 1.807) is 6.08 Å². The molecule has 1 saturated heterocycles. The molecule has 0 aromatic heterocycles. The Bertz CT molecular complexity index is 473. The highest BCUT2D eigenvalue weighted by atomic mass is 35.5. The number of nitrogens with zero attached hydrogens (tertiary/aromatic N) is 1. The molecular formula is C16H20ClNO. The molecule has 1 amide bonds. The van der Waals surface area contributed by atoms with Crippen LogP contribution in [0, 0.1) is 0 Å². The number of piperidine rings is 1. The van der Waals surface area contributed by atoms with Gasteiger partial charge in [-0.15, -0.1) is 0 Å². The summed E-state index contributed by atoms with van der Waals surface area (Å²) in [4.78, 5) is 14.3. The maximum atomic E-state index is 12.3. The molecule has 2 rings (SSSR count). The zero-order chi connectivity index (χ0) is 13.8. The lowest BCUT2D eigenvalue weighted by Gasteiger charge is -2.38. The van der Waals surface area contributed by atoms with Crippen molar-refractivity contribution in [1.82, 2.24) is 4.90 Å². The van der Waals surface area contributed by atoms with Crippen LogP contribution in [0.3, 0.4) is 0 Å². The number of hydrogen-bond acceptors (Lipinski definition) is 1. The minimum Gasteiger partial charge on any atom is -0.334 e. The van der Waals surface area contributed by atoms with Gasteiger partial charge in [0.05, 0.1) is 0 Å². The van der Waals surface area contributed by atoms with E-state index in [-0.39, 0.29) is 5.91 Å². The molecule has 0 spiro atoms. The lowest BCUT2D eigenvalue weighted by Crippen LogP contribution is -2.46. The van der Waals surface area contributed by atoms with Gasteiger partial charge >= 0.3 is 0 Å². The predicted octanol–water partition coefficient (Wildman–Crippen LogP) is 4.14. The Kier molecular flexibility index (Phi) is 4.65. The standard InChI is InChI=1S/C16H20ClNO/c1-12-5-3-6-13(2)18(12)16(19)10-9-14-7-4-8-15(17)11-14/h4,7-13H,3,5-6H2,1-2H3/b10-9+/t12-,13+. The predicted molar refractivity (Wildman–Crippen MR) is 80.1 cm³/mol. The van der Waals surface area contributed by atoms with Gasteiger partial charge < -0.3 is 4.90 Å². The fraction of sp³-hybridized carbons (Fsp3) is 0.438. The van der Waals surface area contributed by atoms with Gasteiger partial charge in [-0.25, -0.2) is 0 Å². The summed E-state index contributed by atoms with van der Waals surface area (Å²) in [5, 5.41) is 0.689. The van der Waals surface area contributed by atoms with Gasteiger partial charge in [0, 0.05) is 23.2 Å². The smallest absolute Gasteiger partial charge is 0.247 e. The number of benzene rings is 1. The summed E-state index contributed by atoms with van der Waals surface area (Å²) >= 11 is 5.93. The summed E-state index contributed by atoms with van der Waals surface area (Å²) in [5.41, 5.74) is 0.957. The maximum absolute atomic E-state index is 12.3. The number of rotatable bonds is 2. The van der Waals surface area contributed by atoms with Crippen molar-refractivity contribution in [2.75, 3.05) is 0 Å². The summed E-state index contributed by atoms with van der Waals surface area (Å²) in [5.74, 6) is 0.0969. The Labute approximate surface area is 120 Å². The minimum absolute atomic E-state index is 0.0969. The monoisotopic (exact) mass is 277 g/mol. The molecule has 1 aliphatic heterocycles. The number of likely N-dealkylation sites (tertiary alicyclic amines) is 1. The van der Waals surface area contributed by atoms with Gasteiger partial charge in [0.25, 0.3) is 0 Å². The normalized spacial score (nSPS) is 23.8. The number of carbonyl (C=O) groups is 1. The van der Waals surface area contributed by atoms with Gasteiger partial charge in [0.2, 0.25) is 5.91 Å². The number of carbonyl (C=O) groups excluding carboxylic acids is 1. The average Bonchev–Trinajstić information content (AvgIpc) is 2.36. The Balaban J connectivity index is 2.07. The van der Waals surface area contributed by atoms with E-state index in [9.17, 15) is 4.79 Å². The molecule has 1 heterocycles. The third-order valence-corrected chi connectivity index (χ3v) is 3.95. The van der Waals surface area contributed by atoms with Crippen LogP contribution in [0.1, 0.15) is 38.7 Å². The Hall–Kier alpha value is -1.28. The highest BCUT2D eigenvalue weighted by Crippen LogP contribution is 2.23. The van der Waals surface area contributed by atoms with E-state index < -0.39 is 0 Å². The van der Waals surface area contributed by atoms with Crippen molar-refractivity contribution in [1.29, 1.82) is 0 Å². The average molecular weight is 278 g/mol. The molecular weight excluding hydrogens is 258 g/mol. The van der Waals surface area contributed by atoms with Crippen LogP contribution in [0.4, 0.5) is 0 Å². The lowest BCUT2D eigenvalue weighted by molar-refractivity contribution is -0.131. The highest BCUT2D eigenvalue weighted by molar-refractivity contribution is 6.30. The van der Waals surface area contributed by atoms with E-state index in [1.807, 2.05) is 35.2 Å². The van der Waals surface area contributed by atoms with Crippen LogP contribution >= 0.6 is 11.6 Å². The second kappa shape index (κ2) is 6.25. The number of hydrogen-bond donors (Lipinski definition) is 0. The van der Waals surface area contributed by atoms with Crippen molar-refractivity contribution < 1.29 is 4.79 Å². The van der Waals surface area contributed by atoms with E-state index in [2.05, 4.69) is 13.8 Å². The van der Waals surface area contributed by atoms with Crippen molar-refractivity contribution in [3.63, 3.8) is 0 Å². The quantitative estimate of drug-likeness (QED) is 0.744. The SMILES string of the molecule is C[C@@H]1CCC[C@H](C)N1C(=O)/C=C/c1cccc(Cl)c1. The van der Waals surface area contributed by atoms with Crippen LogP contribution in [0.15, 0.2) is 30.3 Å². The molecule has 0 bridgehead atoms. The van der Waals surface area contributed by atoms with Gasteiger partial charge in [-0.2, -0.15) is 0 Å². The first-order valence-electron chi connectivity index (χ1n) is 6.84. The molecule has 19 heavy (non-hydrogen) atoms. The zero-order valence-electron chi connectivity index (χ0n) is 11.5. The Morgan fingerprint density at radius 3 is 2.63 bits per heavy atom. The van der Waals surface area contributed by atoms with E-state index in [0.29, 0.717) is 17.1 Å². The Morgan fingerprint density at radius 1 is 1.32 bits per heavy atom. The van der Waals surface area contributed by atoms with Gasteiger partial charge in [-0.3, -0.25) is 4.79 Å². The van der Waals surface area contributed by atoms with Gasteiger partial charge in [-0.1, -0.05) is 23.7 Å². The third kappa shape index (κ3) is 3.60. The molecule has 3 heteroatoms. The van der Waals surface area contributed by atoms with Crippen LogP contribution in [0.25, 0.3) is 6.08 Å². The van der Waals surface area contributed by atoms with Crippen LogP contribution < -0.4 is 0 Å². The molecule has 0 radical (unpaired) electrons. The fourth-order valence-electron chi connectivity index (χ4n) is 2.72. The van der Waals surface area contributed by atoms with Crippen LogP contribution in [-0.4, -0.2) is 22.9 Å². The van der Waals surface area contributed by atoms with Crippen molar-refractivity contribution in [3.8, 4) is 0 Å². The maximum Gasteiger partial charge on any atom is 0.247 e. The van der Waals surface area contributed by atoms with E-state index in [0.717, 1.165) is 18.4 Å². The molecule has 0 aliphatic carbocycles. The lowest BCUT2D eigenvalue weighted by atomic mass is 9.97. The molecule has 2 atom stereocenters. The molecule has 0 saturated carbocycles. The second-order valence-corrected chi connectivity index (χ2v) is 5.70. The fourth-order valence-corrected chi connectivity index (χ4v) is 2.92. The third-order valence-electron chi connectivity index (χ3n) is 3.72. The Morgan fingerprint density at radius 2 is 2.00 bits per heavy atom. The largest absolute Gasteiger partial charge is 0.334 e. The summed E-state index contributed by atoms with van der Waals surface area (Å²) in [6.45, 7) is 4.25. The second-order valence-electron chi connectivity index (χ2n) is 5.26. The summed E-state index contributed by atoms with van der Waals surface area (Å²) in [6, 6.07) is 8.18. The summed E-state index contributed by atoms with van der Waals surface area (Å²) < 4.78 is 0. The number of halogens is 1. The van der Waals surface area contributed by atoms with Crippen LogP contribution in [0.2, 0.25) is 5.02 Å². The van der Waals surface area contributed by atoms with Gasteiger partial charge in [0.15, 0.2) is 0 Å². The number of amides is 1. The molecule has 0 unspecified atom stereocenters. The molecule has 1 aromatic carbocycles.